The Morgan fingerprint density at radius 3 is 1.64 bits per heavy atom. The van der Waals surface area contributed by atoms with Gasteiger partial charge in [0.25, 0.3) is 11.8 Å². The zero-order chi connectivity index (χ0) is 23.7. The Balaban J connectivity index is 0.000000468. The minimum Gasteiger partial charge on any atom is -0.381 e. The molecule has 0 saturated carbocycles. The van der Waals surface area contributed by atoms with Gasteiger partial charge in [-0.25, -0.2) is 0 Å². The van der Waals surface area contributed by atoms with Gasteiger partial charge in [-0.3, -0.25) is 14.5 Å². The molecule has 33 heavy (non-hydrogen) atoms. The molecule has 2 amide bonds. The zero-order valence-electron chi connectivity index (χ0n) is 20.6. The van der Waals surface area contributed by atoms with Gasteiger partial charge in [0.1, 0.15) is 0 Å². The summed E-state index contributed by atoms with van der Waals surface area (Å²) < 4.78 is 5.65. The molecule has 3 rings (SSSR count). The maximum Gasteiger partial charge on any atom is 0.261 e. The first-order valence-electron chi connectivity index (χ1n) is 12.7. The molecule has 2 aromatic carbocycles. The largest absolute Gasteiger partial charge is 0.381 e. The van der Waals surface area contributed by atoms with Crippen molar-refractivity contribution in [3.05, 3.63) is 71.3 Å². The standard InChI is InChI=1S/C22H33NO3.C7H8/c1-2-3-4-12-17-26-18-13-8-6-5-7-11-16-23-21(24)19-14-9-10-15-20(19)22(23)25;1-7-5-3-2-4-6-7/h9-10,14-15H,2-8,11-13,16-18H2,1H3;2-6H,1H3. The van der Waals surface area contributed by atoms with Crippen molar-refractivity contribution in [3.8, 4) is 0 Å². The van der Waals surface area contributed by atoms with Crippen LogP contribution in [0.5, 0.6) is 0 Å². The predicted octanol–water partition coefficient (Wildman–Crippen LogP) is 7.22. The molecule has 2 aromatic rings. The van der Waals surface area contributed by atoms with Crippen LogP contribution in [-0.2, 0) is 4.74 Å². The molecular weight excluding hydrogens is 410 g/mol. The van der Waals surface area contributed by atoms with E-state index in [9.17, 15) is 9.59 Å². The molecule has 1 aliphatic heterocycles. The van der Waals surface area contributed by atoms with E-state index in [1.54, 1.807) is 12.1 Å². The van der Waals surface area contributed by atoms with Gasteiger partial charge in [-0.05, 0) is 38.3 Å². The first-order chi connectivity index (χ1) is 16.1. The number of unbranched alkanes of at least 4 members (excludes halogenated alkanes) is 8. The lowest BCUT2D eigenvalue weighted by Crippen LogP contribution is -2.30. The Labute approximate surface area is 200 Å². The summed E-state index contributed by atoms with van der Waals surface area (Å²) >= 11 is 0. The summed E-state index contributed by atoms with van der Waals surface area (Å²) in [6.07, 6.45) is 11.7. The number of fused-ring (bicyclic) bond motifs is 1. The molecule has 0 atom stereocenters. The van der Waals surface area contributed by atoms with E-state index in [0.717, 1.165) is 38.9 Å². The van der Waals surface area contributed by atoms with Gasteiger partial charge in [0, 0.05) is 19.8 Å². The molecule has 1 heterocycles. The topological polar surface area (TPSA) is 46.6 Å². The van der Waals surface area contributed by atoms with E-state index in [4.69, 9.17) is 4.74 Å². The fourth-order valence-corrected chi connectivity index (χ4v) is 3.89. The van der Waals surface area contributed by atoms with E-state index >= 15 is 0 Å². The first kappa shape index (κ1) is 26.8. The van der Waals surface area contributed by atoms with Crippen LogP contribution in [0, 0.1) is 6.92 Å². The molecule has 4 heteroatoms. The summed E-state index contributed by atoms with van der Waals surface area (Å²) in [5, 5.41) is 0. The van der Waals surface area contributed by atoms with Crippen LogP contribution in [0.25, 0.3) is 0 Å². The monoisotopic (exact) mass is 451 g/mol. The van der Waals surface area contributed by atoms with Crippen molar-refractivity contribution in [2.75, 3.05) is 19.8 Å². The van der Waals surface area contributed by atoms with Gasteiger partial charge < -0.3 is 4.74 Å². The van der Waals surface area contributed by atoms with Gasteiger partial charge in [-0.1, -0.05) is 99.9 Å². The fraction of sp³-hybridized carbons (Fsp3) is 0.517. The summed E-state index contributed by atoms with van der Waals surface area (Å²) in [6.45, 7) is 6.62. The number of hydrogen-bond acceptors (Lipinski definition) is 3. The van der Waals surface area contributed by atoms with Crippen molar-refractivity contribution >= 4 is 11.8 Å². The van der Waals surface area contributed by atoms with Crippen molar-refractivity contribution in [1.82, 2.24) is 4.90 Å². The van der Waals surface area contributed by atoms with Crippen LogP contribution in [0.15, 0.2) is 54.6 Å². The van der Waals surface area contributed by atoms with Crippen LogP contribution in [0.1, 0.15) is 97.4 Å². The van der Waals surface area contributed by atoms with Crippen molar-refractivity contribution in [1.29, 1.82) is 0 Å². The molecule has 0 bridgehead atoms. The molecule has 0 saturated heterocycles. The van der Waals surface area contributed by atoms with Crippen molar-refractivity contribution < 1.29 is 14.3 Å². The Morgan fingerprint density at radius 2 is 1.12 bits per heavy atom. The number of benzene rings is 2. The minimum absolute atomic E-state index is 0.137. The zero-order valence-corrected chi connectivity index (χ0v) is 20.6. The third-order valence-corrected chi connectivity index (χ3v) is 5.88. The molecule has 0 aromatic heterocycles. The lowest BCUT2D eigenvalue weighted by Gasteiger charge is -2.13. The Morgan fingerprint density at radius 1 is 0.636 bits per heavy atom. The van der Waals surface area contributed by atoms with Crippen molar-refractivity contribution in [2.45, 2.75) is 78.1 Å². The van der Waals surface area contributed by atoms with Gasteiger partial charge in [-0.15, -0.1) is 0 Å². The SMILES string of the molecule is CCCCCCOCCCCCCCCN1C(=O)c2ccccc2C1=O.Cc1ccccc1. The van der Waals surface area contributed by atoms with Gasteiger partial charge in [0.2, 0.25) is 0 Å². The second-order valence-electron chi connectivity index (χ2n) is 8.76. The third kappa shape index (κ3) is 9.91. The smallest absolute Gasteiger partial charge is 0.261 e. The minimum atomic E-state index is -0.137. The number of carbonyl (C=O) groups excluding carboxylic acids is 2. The molecule has 1 aliphatic rings. The van der Waals surface area contributed by atoms with E-state index in [-0.39, 0.29) is 11.8 Å². The lowest BCUT2D eigenvalue weighted by molar-refractivity contribution is 0.0651. The summed E-state index contributed by atoms with van der Waals surface area (Å²) in [5.41, 5.74) is 2.42. The first-order valence-corrected chi connectivity index (χ1v) is 12.7. The molecular formula is C29H41NO3. The molecule has 0 spiro atoms. The number of carbonyl (C=O) groups is 2. The van der Waals surface area contributed by atoms with Crippen LogP contribution >= 0.6 is 0 Å². The number of rotatable bonds is 14. The Bertz CT molecular complexity index is 784. The number of aryl methyl sites for hydroxylation is 1. The number of imide groups is 1. The lowest BCUT2D eigenvalue weighted by atomic mass is 10.1. The van der Waals surface area contributed by atoms with E-state index < -0.39 is 0 Å². The van der Waals surface area contributed by atoms with Crippen LogP contribution in [0.4, 0.5) is 0 Å². The predicted molar refractivity (Wildman–Crippen MR) is 136 cm³/mol. The second kappa shape index (κ2) is 16.2. The van der Waals surface area contributed by atoms with E-state index in [0.29, 0.717) is 17.7 Å². The highest BCUT2D eigenvalue weighted by Gasteiger charge is 2.34. The van der Waals surface area contributed by atoms with Gasteiger partial charge in [-0.2, -0.15) is 0 Å². The molecule has 0 aliphatic carbocycles. The summed E-state index contributed by atoms with van der Waals surface area (Å²) in [5.74, 6) is -0.275. The molecule has 0 unspecified atom stereocenters. The quantitative estimate of drug-likeness (QED) is 0.225. The average Bonchev–Trinajstić information content (AvgIpc) is 3.08. The summed E-state index contributed by atoms with van der Waals surface area (Å²) in [4.78, 5) is 25.9. The van der Waals surface area contributed by atoms with Crippen LogP contribution in [0.2, 0.25) is 0 Å². The highest BCUT2D eigenvalue weighted by Crippen LogP contribution is 2.22. The van der Waals surface area contributed by atoms with Crippen LogP contribution in [0.3, 0.4) is 0 Å². The fourth-order valence-electron chi connectivity index (χ4n) is 3.89. The second-order valence-corrected chi connectivity index (χ2v) is 8.76. The number of hydrogen-bond donors (Lipinski definition) is 0. The summed E-state index contributed by atoms with van der Waals surface area (Å²) in [6, 6.07) is 17.4. The van der Waals surface area contributed by atoms with Gasteiger partial charge >= 0.3 is 0 Å². The Hall–Kier alpha value is -2.46. The van der Waals surface area contributed by atoms with Gasteiger partial charge in [0.15, 0.2) is 0 Å². The maximum atomic E-state index is 12.2. The average molecular weight is 452 g/mol. The van der Waals surface area contributed by atoms with Crippen molar-refractivity contribution in [2.24, 2.45) is 0 Å². The normalized spacial score (nSPS) is 12.5. The molecule has 180 valence electrons. The molecule has 4 nitrogen and oxygen atoms in total. The van der Waals surface area contributed by atoms with Crippen molar-refractivity contribution in [3.63, 3.8) is 0 Å². The van der Waals surface area contributed by atoms with Crippen LogP contribution < -0.4 is 0 Å². The van der Waals surface area contributed by atoms with Gasteiger partial charge in [0.05, 0.1) is 11.1 Å². The maximum absolute atomic E-state index is 12.2. The van der Waals surface area contributed by atoms with E-state index in [2.05, 4.69) is 26.0 Å². The Kier molecular flexibility index (Phi) is 13.2. The molecule has 0 N–H and O–H groups in total. The highest BCUT2D eigenvalue weighted by atomic mass is 16.5. The summed E-state index contributed by atoms with van der Waals surface area (Å²) in [7, 11) is 0. The molecule has 0 fully saturated rings. The van der Waals surface area contributed by atoms with Crippen LogP contribution in [-0.4, -0.2) is 36.5 Å². The molecule has 0 radical (unpaired) electrons. The highest BCUT2D eigenvalue weighted by molar-refractivity contribution is 6.21. The number of nitrogens with zero attached hydrogens (tertiary/aromatic N) is 1. The van der Waals surface area contributed by atoms with E-state index in [1.807, 2.05) is 30.3 Å². The van der Waals surface area contributed by atoms with E-state index in [1.165, 1.54) is 49.0 Å². The third-order valence-electron chi connectivity index (χ3n) is 5.88. The number of ether oxygens (including phenoxy) is 1. The number of amides is 2.